The van der Waals surface area contributed by atoms with Crippen LogP contribution in [0.4, 0.5) is 22.7 Å². The van der Waals surface area contributed by atoms with Gasteiger partial charge < -0.3 is 14.7 Å². The first-order valence-electron chi connectivity index (χ1n) is 15.1. The van der Waals surface area contributed by atoms with E-state index in [4.69, 9.17) is 15.1 Å². The van der Waals surface area contributed by atoms with E-state index in [1.54, 1.807) is 42.3 Å². The van der Waals surface area contributed by atoms with Crippen molar-refractivity contribution in [2.75, 3.05) is 47.7 Å². The van der Waals surface area contributed by atoms with Gasteiger partial charge in [0.05, 0.1) is 0 Å². The molecule has 7 heteroatoms. The Kier molecular flexibility index (Phi) is 2.20. The predicted molar refractivity (Wildman–Crippen MR) is 124 cm³/mol. The fourth-order valence-corrected chi connectivity index (χ4v) is 4.09. The second-order valence-electron chi connectivity index (χ2n) is 7.34. The molecule has 0 amide bonds. The Bertz CT molecular complexity index is 1440. The number of nitrogens with zero attached hydrogens (tertiary/aromatic N) is 6. The molecule has 4 heterocycles. The lowest BCUT2D eigenvalue weighted by atomic mass is 9.38. The van der Waals surface area contributed by atoms with Gasteiger partial charge in [-0.15, -0.1) is 0 Å². The van der Waals surface area contributed by atoms with Crippen LogP contribution in [0.3, 0.4) is 0 Å². The highest BCUT2D eigenvalue weighted by molar-refractivity contribution is 6.97. The smallest absolute Gasteiger partial charge is 0.294 e. The van der Waals surface area contributed by atoms with Crippen molar-refractivity contribution in [3.8, 4) is 0 Å². The maximum atomic E-state index is 8.43. The minimum absolute atomic E-state index is 0.120. The standard InChI is InChI=1S/C23H25BN6/c1-16-12-30(13-16)18-5-7-20-22(11-18)28(2)21-10-17(29-8-3-9-29)4-6-19(21)24(20)23-26-14-25-15-27-23/h4-7,10-11,14-16H,3,8-9,12-13H2,1-2H3/i3D2,8D2,9D2,12D2,13D2,16D. The van der Waals surface area contributed by atoms with E-state index in [1.165, 1.54) is 25.6 Å². The van der Waals surface area contributed by atoms with E-state index < -0.39 is 45.0 Å². The summed E-state index contributed by atoms with van der Waals surface area (Å²) in [6, 6.07) is 9.74. The van der Waals surface area contributed by atoms with Gasteiger partial charge >= 0.3 is 0 Å². The number of rotatable bonds is 3. The molecule has 6 nitrogen and oxygen atoms in total. The molecule has 2 aromatic carbocycles. The third-order valence-corrected chi connectivity index (χ3v) is 5.56. The quantitative estimate of drug-likeness (QED) is 0.607. The first kappa shape index (κ1) is 9.81. The first-order valence-corrected chi connectivity index (χ1v) is 9.56. The summed E-state index contributed by atoms with van der Waals surface area (Å²) in [6.45, 7) is -9.17. The highest BCUT2D eigenvalue weighted by atomic mass is 15.2. The van der Waals surface area contributed by atoms with Gasteiger partial charge in [0.1, 0.15) is 18.4 Å². The highest BCUT2D eigenvalue weighted by Crippen LogP contribution is 2.34. The molecular formula is C23H25BN6. The summed E-state index contributed by atoms with van der Waals surface area (Å²) in [5.74, 6) is -2.02. The molecule has 0 radical (unpaired) electrons. The van der Waals surface area contributed by atoms with Gasteiger partial charge in [-0.2, -0.15) is 0 Å². The van der Waals surface area contributed by atoms with Crippen molar-refractivity contribution in [1.82, 2.24) is 15.0 Å². The summed E-state index contributed by atoms with van der Waals surface area (Å²) in [4.78, 5) is 16.1. The second kappa shape index (κ2) is 6.72. The monoisotopic (exact) mass is 407 g/mol. The number of aromatic nitrogens is 3. The number of hydrogen-bond donors (Lipinski definition) is 0. The fraction of sp³-hybridized carbons (Fsp3) is 0.348. The lowest BCUT2D eigenvalue weighted by molar-refractivity contribution is 0.447. The van der Waals surface area contributed by atoms with Crippen LogP contribution in [0.1, 0.15) is 28.4 Å². The summed E-state index contributed by atoms with van der Waals surface area (Å²) >= 11 is 0. The number of benzene rings is 2. The molecule has 0 atom stereocenters. The lowest BCUT2D eigenvalue weighted by Crippen LogP contribution is -2.59. The van der Waals surface area contributed by atoms with Crippen molar-refractivity contribution in [3.05, 3.63) is 49.1 Å². The van der Waals surface area contributed by atoms with Crippen molar-refractivity contribution in [2.24, 2.45) is 5.89 Å². The van der Waals surface area contributed by atoms with Crippen LogP contribution in [-0.2, 0) is 0 Å². The first-order chi connectivity index (χ1) is 18.8. The third-order valence-electron chi connectivity index (χ3n) is 5.56. The van der Waals surface area contributed by atoms with E-state index in [0.717, 1.165) is 15.3 Å². The van der Waals surface area contributed by atoms with Gasteiger partial charge in [0.25, 0.3) is 6.71 Å². The zero-order valence-corrected chi connectivity index (χ0v) is 16.4. The van der Waals surface area contributed by atoms with Gasteiger partial charge in [-0.3, -0.25) is 0 Å². The maximum absolute atomic E-state index is 8.43. The molecule has 3 aromatic rings. The molecule has 0 unspecified atom stereocenters. The molecule has 0 aliphatic carbocycles. The minimum atomic E-state index is -2.75. The van der Waals surface area contributed by atoms with E-state index in [9.17, 15) is 0 Å². The number of hydrogen-bond acceptors (Lipinski definition) is 6. The fourth-order valence-electron chi connectivity index (χ4n) is 4.09. The van der Waals surface area contributed by atoms with Gasteiger partial charge in [0.15, 0.2) is 0 Å². The largest absolute Gasteiger partial charge is 0.371 e. The lowest BCUT2D eigenvalue weighted by Gasteiger charge is -2.41. The summed E-state index contributed by atoms with van der Waals surface area (Å²) in [5.41, 5.74) is 3.24. The minimum Gasteiger partial charge on any atom is -0.371 e. The van der Waals surface area contributed by atoms with Gasteiger partial charge in [-0.05, 0) is 47.5 Å². The van der Waals surface area contributed by atoms with E-state index >= 15 is 0 Å². The normalized spacial score (nSPS) is 32.8. The van der Waals surface area contributed by atoms with Gasteiger partial charge in [-0.25, -0.2) is 15.0 Å². The van der Waals surface area contributed by atoms with Crippen LogP contribution in [0.2, 0.25) is 0 Å². The summed E-state index contributed by atoms with van der Waals surface area (Å²) in [5, 5.41) is 0. The predicted octanol–water partition coefficient (Wildman–Crippen LogP) is 1.14. The SMILES string of the molecule is [2H]C1([2H])N(c2ccc3c(c2)N(C)c2cc(N4C([2H])([2H])C([2H])(C)C4([2H])[2H])ccc2B3c2ncncn2)C([2H])([2H])C1([2H])[2H]. The molecule has 0 spiro atoms. The van der Waals surface area contributed by atoms with Crippen LogP contribution in [0, 0.1) is 5.89 Å². The van der Waals surface area contributed by atoms with Crippen LogP contribution in [0.15, 0.2) is 49.1 Å². The molecule has 6 rings (SSSR count). The van der Waals surface area contributed by atoms with Crippen molar-refractivity contribution in [2.45, 2.75) is 13.3 Å². The zero-order chi connectivity index (χ0) is 30.1. The number of fused-ring (bicyclic) bond motifs is 2. The summed E-state index contributed by atoms with van der Waals surface area (Å²) in [7, 11) is 1.72. The van der Waals surface area contributed by atoms with Gasteiger partial charge in [0, 0.05) is 70.9 Å². The van der Waals surface area contributed by atoms with Crippen molar-refractivity contribution >= 4 is 46.1 Å². The van der Waals surface area contributed by atoms with E-state index in [1.807, 2.05) is 0 Å². The van der Waals surface area contributed by atoms with Crippen molar-refractivity contribution in [3.63, 3.8) is 0 Å². The van der Waals surface area contributed by atoms with E-state index in [0.29, 0.717) is 22.6 Å². The molecule has 0 N–H and O–H groups in total. The molecule has 3 aliphatic heterocycles. The van der Waals surface area contributed by atoms with Crippen LogP contribution < -0.4 is 31.3 Å². The molecule has 1 aromatic heterocycles. The Morgan fingerprint density at radius 1 is 0.967 bits per heavy atom. The highest BCUT2D eigenvalue weighted by Gasteiger charge is 2.37. The second-order valence-corrected chi connectivity index (χ2v) is 7.34. The van der Waals surface area contributed by atoms with Gasteiger partial charge in [-0.1, -0.05) is 19.1 Å². The van der Waals surface area contributed by atoms with Crippen LogP contribution >= 0.6 is 0 Å². The molecule has 0 saturated carbocycles. The Balaban J connectivity index is 1.51. The third kappa shape index (κ3) is 2.68. The Hall–Kier alpha value is -3.09. The Morgan fingerprint density at radius 2 is 1.57 bits per heavy atom. The summed E-state index contributed by atoms with van der Waals surface area (Å²) in [6.07, 6.45) is -0.0450. The van der Waals surface area contributed by atoms with Gasteiger partial charge in [0.2, 0.25) is 0 Å². The maximum Gasteiger partial charge on any atom is 0.294 e. The average molecular weight is 407 g/mol. The van der Waals surface area contributed by atoms with Crippen LogP contribution in [0.25, 0.3) is 0 Å². The van der Waals surface area contributed by atoms with Crippen molar-refractivity contribution < 1.29 is 15.1 Å². The molecule has 150 valence electrons. The molecule has 3 aliphatic rings. The molecule has 0 bridgehead atoms. The molecule has 2 fully saturated rings. The summed E-state index contributed by atoms with van der Waals surface area (Å²) < 4.78 is 91.0. The molecule has 30 heavy (non-hydrogen) atoms. The van der Waals surface area contributed by atoms with Crippen LogP contribution in [0.5, 0.6) is 0 Å². The van der Waals surface area contributed by atoms with Crippen molar-refractivity contribution in [1.29, 1.82) is 0 Å². The van der Waals surface area contributed by atoms with E-state index in [2.05, 4.69) is 15.0 Å². The Labute approximate surface area is 193 Å². The zero-order valence-electron chi connectivity index (χ0n) is 27.4. The molecule has 2 saturated heterocycles. The number of anilines is 4. The molecular weight excluding hydrogens is 371 g/mol. The van der Waals surface area contributed by atoms with Crippen LogP contribution in [-0.4, -0.2) is 54.7 Å². The average Bonchev–Trinajstić information content (AvgIpc) is 2.89. The Morgan fingerprint density at radius 3 is 2.20 bits per heavy atom. The topological polar surface area (TPSA) is 48.4 Å². The van der Waals surface area contributed by atoms with E-state index in [-0.39, 0.29) is 11.4 Å².